The van der Waals surface area contributed by atoms with Crippen molar-refractivity contribution in [3.05, 3.63) is 22.7 Å². The fourth-order valence-electron chi connectivity index (χ4n) is 2.44. The number of carbonyl (C=O) groups is 1. The minimum Gasteiger partial charge on any atom is -0.504 e. The topological polar surface area (TPSA) is 73.2 Å². The number of rotatable bonds is 5. The summed E-state index contributed by atoms with van der Waals surface area (Å²) in [6, 6.07) is 3.30. The molecule has 0 aliphatic carbocycles. The first-order valence-corrected chi connectivity index (χ1v) is 7.09. The van der Waals surface area contributed by atoms with Gasteiger partial charge in [0.15, 0.2) is 11.5 Å². The molecule has 116 valence electrons. The molecule has 0 atom stereocenters. The highest BCUT2D eigenvalue weighted by molar-refractivity contribution is 6.30. The number of methoxy groups -OCH3 is 1. The van der Waals surface area contributed by atoms with Crippen LogP contribution in [-0.2, 0) is 11.3 Å². The number of hydrogen-bond donors (Lipinski definition) is 2. The van der Waals surface area contributed by atoms with Gasteiger partial charge in [0.2, 0.25) is 0 Å². The van der Waals surface area contributed by atoms with Crippen LogP contribution in [0.3, 0.4) is 0 Å². The average Bonchev–Trinajstić information content (AvgIpc) is 2.44. The van der Waals surface area contributed by atoms with Gasteiger partial charge >= 0.3 is 5.97 Å². The molecular weight excluding hydrogens is 296 g/mol. The van der Waals surface area contributed by atoms with Crippen LogP contribution in [-0.4, -0.2) is 65.8 Å². The molecule has 0 amide bonds. The van der Waals surface area contributed by atoms with Gasteiger partial charge in [-0.15, -0.1) is 0 Å². The van der Waals surface area contributed by atoms with Crippen molar-refractivity contribution in [3.63, 3.8) is 0 Å². The number of nitrogens with zero attached hydrogens (tertiary/aromatic N) is 2. The number of carboxylic acids is 1. The normalized spacial score (nSPS) is 16.9. The predicted molar refractivity (Wildman–Crippen MR) is 79.0 cm³/mol. The van der Waals surface area contributed by atoms with E-state index in [2.05, 4.69) is 4.90 Å². The van der Waals surface area contributed by atoms with E-state index in [0.29, 0.717) is 36.0 Å². The maximum atomic E-state index is 10.7. The predicted octanol–water partition coefficient (Wildman–Crippen LogP) is 1.26. The number of aliphatic carboxylic acids is 1. The van der Waals surface area contributed by atoms with Gasteiger partial charge in [-0.1, -0.05) is 11.6 Å². The molecule has 1 aromatic carbocycles. The molecule has 0 unspecified atom stereocenters. The Morgan fingerprint density at radius 3 is 2.48 bits per heavy atom. The monoisotopic (exact) mass is 314 g/mol. The zero-order valence-electron chi connectivity index (χ0n) is 11.9. The third-order valence-corrected chi connectivity index (χ3v) is 3.77. The molecule has 21 heavy (non-hydrogen) atoms. The van der Waals surface area contributed by atoms with E-state index >= 15 is 0 Å². The highest BCUT2D eigenvalue weighted by Gasteiger charge is 2.20. The molecule has 1 aliphatic heterocycles. The van der Waals surface area contributed by atoms with Crippen LogP contribution in [0.5, 0.6) is 11.5 Å². The molecular formula is C14H19ClN2O4. The summed E-state index contributed by atoms with van der Waals surface area (Å²) in [6.07, 6.45) is 0. The van der Waals surface area contributed by atoms with Gasteiger partial charge in [-0.2, -0.15) is 0 Å². The van der Waals surface area contributed by atoms with Crippen molar-refractivity contribution in [1.82, 2.24) is 9.80 Å². The lowest BCUT2D eigenvalue weighted by molar-refractivity contribution is -0.138. The zero-order valence-corrected chi connectivity index (χ0v) is 12.6. The SMILES string of the molecule is COc1cc(Cl)cc(CN2CCN(CC(=O)O)CC2)c1O. The third-order valence-electron chi connectivity index (χ3n) is 3.56. The lowest BCUT2D eigenvalue weighted by atomic mass is 10.1. The molecule has 1 aliphatic rings. The van der Waals surface area contributed by atoms with Gasteiger partial charge in [-0.25, -0.2) is 0 Å². The molecule has 6 nitrogen and oxygen atoms in total. The summed E-state index contributed by atoms with van der Waals surface area (Å²) in [5.41, 5.74) is 0.714. The van der Waals surface area contributed by atoms with Crippen LogP contribution >= 0.6 is 11.6 Å². The minimum atomic E-state index is -0.805. The first kappa shape index (κ1) is 15.9. The number of ether oxygens (including phenoxy) is 1. The number of carboxylic acid groups (broad SMARTS) is 1. The van der Waals surface area contributed by atoms with Crippen molar-refractivity contribution in [2.45, 2.75) is 6.54 Å². The lowest BCUT2D eigenvalue weighted by Gasteiger charge is -2.33. The molecule has 1 fully saturated rings. The van der Waals surface area contributed by atoms with Crippen LogP contribution in [0, 0.1) is 0 Å². The second-order valence-corrected chi connectivity index (χ2v) is 5.50. The number of halogens is 1. The van der Waals surface area contributed by atoms with E-state index in [9.17, 15) is 9.90 Å². The van der Waals surface area contributed by atoms with Gasteiger partial charge in [0, 0.05) is 49.4 Å². The van der Waals surface area contributed by atoms with Gasteiger partial charge in [-0.05, 0) is 6.07 Å². The summed E-state index contributed by atoms with van der Waals surface area (Å²) < 4.78 is 5.09. The van der Waals surface area contributed by atoms with E-state index in [1.165, 1.54) is 7.11 Å². The van der Waals surface area contributed by atoms with Crippen molar-refractivity contribution >= 4 is 17.6 Å². The van der Waals surface area contributed by atoms with Crippen LogP contribution < -0.4 is 4.74 Å². The molecule has 0 spiro atoms. The van der Waals surface area contributed by atoms with E-state index in [1.807, 2.05) is 4.90 Å². The summed E-state index contributed by atoms with van der Waals surface area (Å²) in [4.78, 5) is 14.7. The van der Waals surface area contributed by atoms with Crippen molar-refractivity contribution in [1.29, 1.82) is 0 Å². The maximum Gasteiger partial charge on any atom is 0.317 e. The van der Waals surface area contributed by atoms with Gasteiger partial charge in [-0.3, -0.25) is 14.6 Å². The second-order valence-electron chi connectivity index (χ2n) is 5.06. The summed E-state index contributed by atoms with van der Waals surface area (Å²) in [5, 5.41) is 19.4. The number of benzene rings is 1. The highest BCUT2D eigenvalue weighted by atomic mass is 35.5. The van der Waals surface area contributed by atoms with Crippen LogP contribution in [0.15, 0.2) is 12.1 Å². The van der Waals surface area contributed by atoms with Crippen LogP contribution in [0.2, 0.25) is 5.02 Å². The maximum absolute atomic E-state index is 10.7. The van der Waals surface area contributed by atoms with E-state index < -0.39 is 5.97 Å². The molecule has 1 heterocycles. The van der Waals surface area contributed by atoms with Gasteiger partial charge in [0.1, 0.15) is 0 Å². The number of phenolic OH excluding ortho intramolecular Hbond substituents is 1. The fraction of sp³-hybridized carbons (Fsp3) is 0.500. The average molecular weight is 315 g/mol. The van der Waals surface area contributed by atoms with E-state index in [1.54, 1.807) is 12.1 Å². The molecule has 0 saturated carbocycles. The zero-order chi connectivity index (χ0) is 15.4. The summed E-state index contributed by atoms with van der Waals surface area (Å²) in [7, 11) is 1.49. The Morgan fingerprint density at radius 2 is 1.90 bits per heavy atom. The van der Waals surface area contributed by atoms with Crippen molar-refractivity contribution in [2.75, 3.05) is 39.8 Å². The molecule has 0 bridgehead atoms. The standard InChI is InChI=1S/C14H19ClN2O4/c1-21-12-7-11(15)6-10(14(12)20)8-16-2-4-17(5-3-16)9-13(18)19/h6-7,20H,2-5,8-9H2,1H3,(H,18,19). The van der Waals surface area contributed by atoms with E-state index in [4.69, 9.17) is 21.4 Å². The molecule has 1 saturated heterocycles. The van der Waals surface area contributed by atoms with Crippen molar-refractivity contribution in [2.24, 2.45) is 0 Å². The van der Waals surface area contributed by atoms with Crippen LogP contribution in [0.25, 0.3) is 0 Å². The Balaban J connectivity index is 1.97. The van der Waals surface area contributed by atoms with Gasteiger partial charge < -0.3 is 14.9 Å². The van der Waals surface area contributed by atoms with Crippen molar-refractivity contribution < 1.29 is 19.7 Å². The number of aromatic hydroxyl groups is 1. The first-order chi connectivity index (χ1) is 9.99. The summed E-state index contributed by atoms with van der Waals surface area (Å²) >= 11 is 6.02. The molecule has 2 rings (SSSR count). The minimum absolute atomic E-state index is 0.0735. The number of piperazine rings is 1. The number of phenols is 1. The van der Waals surface area contributed by atoms with Gasteiger partial charge in [0.05, 0.1) is 13.7 Å². The van der Waals surface area contributed by atoms with Gasteiger partial charge in [0.25, 0.3) is 0 Å². The Hall–Kier alpha value is -1.50. The van der Waals surface area contributed by atoms with Crippen LogP contribution in [0.1, 0.15) is 5.56 Å². The summed E-state index contributed by atoms with van der Waals surface area (Å²) in [5.74, 6) is -0.336. The Kier molecular flexibility index (Phi) is 5.27. The Labute approximate surface area is 128 Å². The molecule has 0 aromatic heterocycles. The molecule has 2 N–H and O–H groups in total. The molecule has 1 aromatic rings. The third kappa shape index (κ3) is 4.23. The highest BCUT2D eigenvalue weighted by Crippen LogP contribution is 2.34. The Morgan fingerprint density at radius 1 is 1.29 bits per heavy atom. The second kappa shape index (κ2) is 6.98. The van der Waals surface area contributed by atoms with E-state index in [0.717, 1.165) is 13.1 Å². The van der Waals surface area contributed by atoms with E-state index in [-0.39, 0.29) is 12.3 Å². The molecule has 0 radical (unpaired) electrons. The number of hydrogen-bond acceptors (Lipinski definition) is 5. The lowest BCUT2D eigenvalue weighted by Crippen LogP contribution is -2.47. The Bertz CT molecular complexity index is 516. The quantitative estimate of drug-likeness (QED) is 0.852. The van der Waals surface area contributed by atoms with Crippen molar-refractivity contribution in [3.8, 4) is 11.5 Å². The summed E-state index contributed by atoms with van der Waals surface area (Å²) in [6.45, 7) is 3.53. The largest absolute Gasteiger partial charge is 0.504 e. The first-order valence-electron chi connectivity index (χ1n) is 6.71. The van der Waals surface area contributed by atoms with Crippen LogP contribution in [0.4, 0.5) is 0 Å². The fourth-order valence-corrected chi connectivity index (χ4v) is 2.67. The molecule has 7 heteroatoms. The smallest absolute Gasteiger partial charge is 0.317 e.